The molecule has 1 aromatic heterocycles. The Morgan fingerprint density at radius 1 is 1.18 bits per heavy atom. The summed E-state index contributed by atoms with van der Waals surface area (Å²) in [5.41, 5.74) is 7.88. The molecule has 0 bridgehead atoms. The van der Waals surface area contributed by atoms with Crippen LogP contribution in [0.4, 0.5) is 11.5 Å². The van der Waals surface area contributed by atoms with Gasteiger partial charge in [0.1, 0.15) is 5.82 Å². The van der Waals surface area contributed by atoms with Crippen molar-refractivity contribution in [2.75, 3.05) is 17.7 Å². The van der Waals surface area contributed by atoms with Gasteiger partial charge in [-0.05, 0) is 29.8 Å². The number of nitrogens with zero attached hydrogens (tertiary/aromatic N) is 2. The molecule has 0 saturated heterocycles. The summed E-state index contributed by atoms with van der Waals surface area (Å²) in [5.74, 6) is 0.547. The zero-order valence-electron chi connectivity index (χ0n) is 9.60. The lowest BCUT2D eigenvalue weighted by atomic mass is 10.2. The van der Waals surface area contributed by atoms with Crippen LogP contribution < -0.4 is 10.6 Å². The van der Waals surface area contributed by atoms with Crippen molar-refractivity contribution < 1.29 is 0 Å². The minimum atomic E-state index is 0.547. The fourth-order valence-electron chi connectivity index (χ4n) is 1.58. The van der Waals surface area contributed by atoms with Gasteiger partial charge in [0.2, 0.25) is 0 Å². The van der Waals surface area contributed by atoms with E-state index in [0.717, 1.165) is 16.7 Å². The number of halogens is 1. The highest BCUT2D eigenvalue weighted by molar-refractivity contribution is 9.10. The van der Waals surface area contributed by atoms with E-state index in [1.165, 1.54) is 5.56 Å². The Bertz CT molecular complexity index is 479. The van der Waals surface area contributed by atoms with Gasteiger partial charge >= 0.3 is 0 Å². The monoisotopic (exact) mass is 291 g/mol. The van der Waals surface area contributed by atoms with Crippen molar-refractivity contribution in [3.8, 4) is 0 Å². The molecule has 17 heavy (non-hydrogen) atoms. The summed E-state index contributed by atoms with van der Waals surface area (Å²) in [6.07, 6.45) is 1.79. The van der Waals surface area contributed by atoms with Gasteiger partial charge < -0.3 is 10.6 Å². The maximum atomic E-state index is 5.56. The first-order valence-electron chi connectivity index (χ1n) is 5.32. The van der Waals surface area contributed by atoms with Gasteiger partial charge in [-0.2, -0.15) is 0 Å². The molecule has 88 valence electrons. The summed E-state index contributed by atoms with van der Waals surface area (Å²) in [6, 6.07) is 12.1. The summed E-state index contributed by atoms with van der Waals surface area (Å²) >= 11 is 3.43. The van der Waals surface area contributed by atoms with Crippen molar-refractivity contribution in [1.29, 1.82) is 0 Å². The van der Waals surface area contributed by atoms with Gasteiger partial charge in [0.15, 0.2) is 0 Å². The van der Waals surface area contributed by atoms with Gasteiger partial charge in [0, 0.05) is 18.1 Å². The van der Waals surface area contributed by atoms with Crippen molar-refractivity contribution in [2.45, 2.75) is 6.54 Å². The van der Waals surface area contributed by atoms with Gasteiger partial charge in [-0.1, -0.05) is 28.1 Å². The van der Waals surface area contributed by atoms with Gasteiger partial charge in [-0.15, -0.1) is 0 Å². The molecule has 0 fully saturated rings. The first kappa shape index (κ1) is 11.9. The summed E-state index contributed by atoms with van der Waals surface area (Å²) in [6.45, 7) is 0.846. The zero-order valence-corrected chi connectivity index (χ0v) is 11.2. The van der Waals surface area contributed by atoms with Crippen LogP contribution in [-0.4, -0.2) is 12.0 Å². The van der Waals surface area contributed by atoms with Crippen molar-refractivity contribution >= 4 is 27.4 Å². The van der Waals surface area contributed by atoms with Gasteiger partial charge in [-0.3, -0.25) is 0 Å². The third-order valence-corrected chi connectivity index (χ3v) is 3.07. The van der Waals surface area contributed by atoms with E-state index in [-0.39, 0.29) is 0 Å². The molecule has 1 heterocycles. The number of nitrogens with two attached hydrogens (primary N) is 1. The number of anilines is 2. The molecule has 1 aromatic carbocycles. The molecule has 3 nitrogen and oxygen atoms in total. The van der Waals surface area contributed by atoms with Crippen LogP contribution in [0.3, 0.4) is 0 Å². The molecule has 4 heteroatoms. The van der Waals surface area contributed by atoms with Crippen LogP contribution in [0, 0.1) is 0 Å². The third kappa shape index (κ3) is 3.20. The topological polar surface area (TPSA) is 42.1 Å². The van der Waals surface area contributed by atoms with E-state index in [0.29, 0.717) is 5.82 Å². The van der Waals surface area contributed by atoms with Crippen LogP contribution in [0.1, 0.15) is 5.56 Å². The van der Waals surface area contributed by atoms with Crippen LogP contribution in [0.15, 0.2) is 47.1 Å². The second-order valence-electron chi connectivity index (χ2n) is 3.92. The summed E-state index contributed by atoms with van der Waals surface area (Å²) < 4.78 is 1.10. The largest absolute Gasteiger partial charge is 0.384 e. The number of pyridine rings is 1. The average Bonchev–Trinajstić information content (AvgIpc) is 2.33. The number of benzene rings is 1. The van der Waals surface area contributed by atoms with Gasteiger partial charge in [0.25, 0.3) is 0 Å². The minimum absolute atomic E-state index is 0.547. The third-order valence-electron chi connectivity index (χ3n) is 2.54. The van der Waals surface area contributed by atoms with Crippen molar-refractivity contribution in [1.82, 2.24) is 4.98 Å². The quantitative estimate of drug-likeness (QED) is 0.945. The Morgan fingerprint density at radius 3 is 2.47 bits per heavy atom. The smallest absolute Gasteiger partial charge is 0.123 e. The van der Waals surface area contributed by atoms with Crippen LogP contribution in [0.2, 0.25) is 0 Å². The number of aromatic nitrogens is 1. The predicted molar refractivity (Wildman–Crippen MR) is 74.9 cm³/mol. The van der Waals surface area contributed by atoms with E-state index in [9.17, 15) is 0 Å². The molecule has 0 amide bonds. The Hall–Kier alpha value is -1.55. The molecular formula is C13H14BrN3. The highest BCUT2D eigenvalue weighted by Gasteiger charge is 2.02. The molecule has 2 N–H and O–H groups in total. The average molecular weight is 292 g/mol. The molecule has 0 spiro atoms. The fraction of sp³-hybridized carbons (Fsp3) is 0.154. The normalized spacial score (nSPS) is 10.2. The molecule has 2 aromatic rings. The fourth-order valence-corrected chi connectivity index (χ4v) is 1.84. The molecular weight excluding hydrogens is 278 g/mol. The number of hydrogen-bond acceptors (Lipinski definition) is 3. The second kappa shape index (κ2) is 5.19. The predicted octanol–water partition coefficient (Wildman–Crippen LogP) is 3.06. The van der Waals surface area contributed by atoms with Crippen LogP contribution in [-0.2, 0) is 6.54 Å². The summed E-state index contributed by atoms with van der Waals surface area (Å²) in [5, 5.41) is 0. The molecule has 2 rings (SSSR count). The lowest BCUT2D eigenvalue weighted by molar-refractivity contribution is 0.918. The molecule has 0 aliphatic carbocycles. The van der Waals surface area contributed by atoms with Crippen molar-refractivity contribution in [2.24, 2.45) is 0 Å². The van der Waals surface area contributed by atoms with E-state index in [1.54, 1.807) is 6.20 Å². The first-order valence-corrected chi connectivity index (χ1v) is 6.11. The SMILES string of the molecule is CN(Cc1ccc(Br)cc1)c1ccc(N)nc1. The lowest BCUT2D eigenvalue weighted by Gasteiger charge is -2.19. The number of hydrogen-bond donors (Lipinski definition) is 1. The van der Waals surface area contributed by atoms with Crippen molar-refractivity contribution in [3.05, 3.63) is 52.6 Å². The maximum absolute atomic E-state index is 5.56. The van der Waals surface area contributed by atoms with Crippen molar-refractivity contribution in [3.63, 3.8) is 0 Å². The molecule has 0 aliphatic rings. The molecule has 0 unspecified atom stereocenters. The highest BCUT2D eigenvalue weighted by atomic mass is 79.9. The van der Waals surface area contributed by atoms with Crippen LogP contribution >= 0.6 is 15.9 Å². The standard InChI is InChI=1S/C13H14BrN3/c1-17(12-6-7-13(15)16-8-12)9-10-2-4-11(14)5-3-10/h2-8H,9H2,1H3,(H2,15,16). The van der Waals surface area contributed by atoms with E-state index in [4.69, 9.17) is 5.73 Å². The van der Waals surface area contributed by atoms with Gasteiger partial charge in [0.05, 0.1) is 11.9 Å². The minimum Gasteiger partial charge on any atom is -0.384 e. The van der Waals surface area contributed by atoms with E-state index in [2.05, 4.69) is 37.9 Å². The molecule has 0 atom stereocenters. The Labute approximate surface area is 109 Å². The van der Waals surface area contributed by atoms with Crippen LogP contribution in [0.25, 0.3) is 0 Å². The Morgan fingerprint density at radius 2 is 1.88 bits per heavy atom. The highest BCUT2D eigenvalue weighted by Crippen LogP contribution is 2.16. The Balaban J connectivity index is 2.08. The van der Waals surface area contributed by atoms with E-state index < -0.39 is 0 Å². The Kier molecular flexibility index (Phi) is 3.64. The van der Waals surface area contributed by atoms with Crippen LogP contribution in [0.5, 0.6) is 0 Å². The number of nitrogen functional groups attached to an aromatic ring is 1. The van der Waals surface area contributed by atoms with E-state index >= 15 is 0 Å². The van der Waals surface area contributed by atoms with E-state index in [1.807, 2.05) is 31.3 Å². The molecule has 0 radical (unpaired) electrons. The number of rotatable bonds is 3. The molecule has 0 aliphatic heterocycles. The second-order valence-corrected chi connectivity index (χ2v) is 4.84. The zero-order chi connectivity index (χ0) is 12.3. The summed E-state index contributed by atoms with van der Waals surface area (Å²) in [4.78, 5) is 6.22. The lowest BCUT2D eigenvalue weighted by Crippen LogP contribution is -2.16. The molecule has 0 saturated carbocycles. The maximum Gasteiger partial charge on any atom is 0.123 e. The van der Waals surface area contributed by atoms with Gasteiger partial charge in [-0.25, -0.2) is 4.98 Å². The summed E-state index contributed by atoms with van der Waals surface area (Å²) in [7, 11) is 2.04. The first-order chi connectivity index (χ1) is 8.15.